The average molecular weight is 353 g/mol. The van der Waals surface area contributed by atoms with E-state index in [-0.39, 0.29) is 17.6 Å². The van der Waals surface area contributed by atoms with Crippen LogP contribution in [0.15, 0.2) is 42.2 Å². The van der Waals surface area contributed by atoms with E-state index in [2.05, 4.69) is 6.07 Å². The fourth-order valence-corrected chi connectivity index (χ4v) is 4.41. The fraction of sp³-hybridized carbons (Fsp3) is 0.318. The van der Waals surface area contributed by atoms with Gasteiger partial charge in [-0.3, -0.25) is 4.79 Å². The van der Waals surface area contributed by atoms with E-state index in [1.54, 1.807) is 0 Å². The number of Topliss-reactive ketones (excluding diaryl/α,β-unsaturated/α-hetero) is 1. The number of benzene rings is 2. The summed E-state index contributed by atoms with van der Waals surface area (Å²) in [5, 5.41) is 11.4. The second kappa shape index (κ2) is 6.03. The summed E-state index contributed by atoms with van der Waals surface area (Å²) in [5.74, 6) is 0.622. The molecular formula is C22H21ClO2. The number of fused-ring (bicyclic) bond motifs is 2. The van der Waals surface area contributed by atoms with Crippen molar-refractivity contribution in [1.82, 2.24) is 0 Å². The molecule has 2 aliphatic rings. The van der Waals surface area contributed by atoms with Gasteiger partial charge in [0.25, 0.3) is 0 Å². The highest BCUT2D eigenvalue weighted by Crippen LogP contribution is 2.46. The lowest BCUT2D eigenvalue weighted by molar-refractivity contribution is -0.117. The molecule has 4 rings (SSSR count). The topological polar surface area (TPSA) is 37.3 Å². The van der Waals surface area contributed by atoms with Gasteiger partial charge in [-0.1, -0.05) is 29.8 Å². The Bertz CT molecular complexity index is 910. The molecule has 0 aromatic heterocycles. The summed E-state index contributed by atoms with van der Waals surface area (Å²) in [4.78, 5) is 12.9. The Morgan fingerprint density at radius 2 is 1.64 bits per heavy atom. The molecule has 1 fully saturated rings. The van der Waals surface area contributed by atoms with E-state index in [1.165, 1.54) is 0 Å². The Hall–Kier alpha value is -2.06. The van der Waals surface area contributed by atoms with Crippen molar-refractivity contribution >= 4 is 23.0 Å². The highest BCUT2D eigenvalue weighted by molar-refractivity contribution is 6.31. The van der Waals surface area contributed by atoms with Gasteiger partial charge in [0.2, 0.25) is 0 Å². The number of aryl methyl sites for hydroxylation is 2. The third-order valence-electron chi connectivity index (χ3n) is 5.71. The van der Waals surface area contributed by atoms with E-state index in [4.69, 9.17) is 11.6 Å². The molecule has 2 aromatic rings. The number of hydrogen-bond donors (Lipinski definition) is 1. The summed E-state index contributed by atoms with van der Waals surface area (Å²) in [6.07, 6.45) is 2.61. The van der Waals surface area contributed by atoms with Crippen LogP contribution in [0.5, 0.6) is 0 Å². The second-order valence-corrected chi connectivity index (χ2v) is 7.76. The lowest BCUT2D eigenvalue weighted by Crippen LogP contribution is -2.21. The van der Waals surface area contributed by atoms with E-state index >= 15 is 0 Å². The van der Waals surface area contributed by atoms with E-state index in [0.717, 1.165) is 47.1 Å². The van der Waals surface area contributed by atoms with Crippen LogP contribution in [0.3, 0.4) is 0 Å². The largest absolute Gasteiger partial charge is 0.511 e. The van der Waals surface area contributed by atoms with E-state index < -0.39 is 0 Å². The van der Waals surface area contributed by atoms with Gasteiger partial charge in [-0.25, -0.2) is 0 Å². The third-order valence-corrected chi connectivity index (χ3v) is 5.95. The van der Waals surface area contributed by atoms with Gasteiger partial charge in [0, 0.05) is 16.9 Å². The molecule has 3 heteroatoms. The van der Waals surface area contributed by atoms with Crippen LogP contribution in [0.25, 0.3) is 16.7 Å². The lowest BCUT2D eigenvalue weighted by Gasteiger charge is -2.23. The third kappa shape index (κ3) is 2.69. The molecule has 2 aromatic carbocycles. The van der Waals surface area contributed by atoms with Gasteiger partial charge in [0.05, 0.1) is 5.57 Å². The van der Waals surface area contributed by atoms with E-state index in [0.29, 0.717) is 16.4 Å². The number of allylic oxidation sites excluding steroid dienone is 2. The summed E-state index contributed by atoms with van der Waals surface area (Å²) in [6, 6.07) is 11.9. The van der Waals surface area contributed by atoms with Crippen molar-refractivity contribution in [3.8, 4) is 11.1 Å². The Labute approximate surface area is 153 Å². The molecule has 0 spiro atoms. The first-order valence-electron chi connectivity index (χ1n) is 8.80. The second-order valence-electron chi connectivity index (χ2n) is 7.32. The Kier molecular flexibility index (Phi) is 3.96. The van der Waals surface area contributed by atoms with Crippen molar-refractivity contribution in [3.05, 3.63) is 63.9 Å². The number of ketones is 1. The Morgan fingerprint density at radius 3 is 2.44 bits per heavy atom. The van der Waals surface area contributed by atoms with Crippen LogP contribution in [-0.4, -0.2) is 10.9 Å². The molecule has 0 heterocycles. The summed E-state index contributed by atoms with van der Waals surface area (Å²) in [5.41, 5.74) is 5.62. The molecule has 0 radical (unpaired) electrons. The highest BCUT2D eigenvalue weighted by Gasteiger charge is 2.41. The monoisotopic (exact) mass is 352 g/mol. The van der Waals surface area contributed by atoms with E-state index in [9.17, 15) is 9.90 Å². The van der Waals surface area contributed by atoms with Gasteiger partial charge < -0.3 is 5.11 Å². The van der Waals surface area contributed by atoms with Crippen molar-refractivity contribution in [3.63, 3.8) is 0 Å². The first kappa shape index (κ1) is 16.4. The minimum Gasteiger partial charge on any atom is -0.511 e. The first-order chi connectivity index (χ1) is 12.0. The van der Waals surface area contributed by atoms with Crippen LogP contribution in [0, 0.1) is 25.7 Å². The van der Waals surface area contributed by atoms with Crippen LogP contribution in [0.2, 0.25) is 5.02 Å². The van der Waals surface area contributed by atoms with Gasteiger partial charge >= 0.3 is 0 Å². The number of carbonyl (C=O) groups excluding carboxylic acids is 1. The van der Waals surface area contributed by atoms with Crippen molar-refractivity contribution < 1.29 is 9.90 Å². The van der Waals surface area contributed by atoms with Crippen molar-refractivity contribution in [2.45, 2.75) is 33.1 Å². The fourth-order valence-electron chi connectivity index (χ4n) is 4.24. The smallest absolute Gasteiger partial charge is 0.169 e. The van der Waals surface area contributed by atoms with Gasteiger partial charge in [0.15, 0.2) is 5.78 Å². The Morgan fingerprint density at radius 1 is 0.960 bits per heavy atom. The number of carbonyl (C=O) groups is 1. The molecule has 0 unspecified atom stereocenters. The van der Waals surface area contributed by atoms with Crippen LogP contribution >= 0.6 is 11.6 Å². The number of halogens is 1. The average Bonchev–Trinajstić information content (AvgIpc) is 3.04. The molecule has 2 atom stereocenters. The van der Waals surface area contributed by atoms with Crippen LogP contribution < -0.4 is 0 Å². The lowest BCUT2D eigenvalue weighted by atomic mass is 9.81. The predicted molar refractivity (Wildman–Crippen MR) is 102 cm³/mol. The molecule has 128 valence electrons. The van der Waals surface area contributed by atoms with E-state index in [1.807, 2.05) is 44.2 Å². The molecule has 2 nitrogen and oxygen atoms in total. The highest BCUT2D eigenvalue weighted by atomic mass is 35.5. The van der Waals surface area contributed by atoms with Gasteiger partial charge in [-0.15, -0.1) is 0 Å². The van der Waals surface area contributed by atoms with Gasteiger partial charge in [-0.05, 0) is 79.1 Å². The summed E-state index contributed by atoms with van der Waals surface area (Å²) in [7, 11) is 0. The van der Waals surface area contributed by atoms with Crippen LogP contribution in [0.1, 0.15) is 36.0 Å². The minimum absolute atomic E-state index is 0.0758. The number of aliphatic hydroxyl groups excluding tert-OH is 1. The maximum Gasteiger partial charge on any atom is 0.169 e. The zero-order chi connectivity index (χ0) is 17.7. The molecular weight excluding hydrogens is 332 g/mol. The molecule has 0 amide bonds. The molecule has 0 aliphatic heterocycles. The quantitative estimate of drug-likeness (QED) is 0.731. The number of hydrogen-bond acceptors (Lipinski definition) is 2. The van der Waals surface area contributed by atoms with Crippen molar-refractivity contribution in [2.75, 3.05) is 0 Å². The minimum atomic E-state index is 0.0758. The predicted octanol–water partition coefficient (Wildman–Crippen LogP) is 5.89. The number of aliphatic hydroxyl groups is 1. The standard InChI is InChI=1S/C22H21ClO2/c1-12-4-8-17(23)11-18(12)14-5-3-13(2)19(10-14)20-21(24)15-6-7-16(9-15)22(20)25/h3-5,8,10-11,15-16,24H,6-7,9H2,1-2H3/t15-,16+/m0/s1. The Balaban J connectivity index is 1.88. The van der Waals surface area contributed by atoms with Gasteiger partial charge in [0.1, 0.15) is 5.76 Å². The van der Waals surface area contributed by atoms with Crippen molar-refractivity contribution in [2.24, 2.45) is 11.8 Å². The normalized spacial score (nSPS) is 22.6. The van der Waals surface area contributed by atoms with Crippen LogP contribution in [-0.2, 0) is 4.79 Å². The SMILES string of the molecule is Cc1ccc(-c2cc(Cl)ccc2C)cc1C1=C(O)[C@H]2CC[C@H](C2)C1=O. The molecule has 2 bridgehead atoms. The van der Waals surface area contributed by atoms with Crippen molar-refractivity contribution in [1.29, 1.82) is 0 Å². The van der Waals surface area contributed by atoms with Gasteiger partial charge in [-0.2, -0.15) is 0 Å². The molecule has 1 N–H and O–H groups in total. The molecule has 2 aliphatic carbocycles. The maximum atomic E-state index is 12.9. The summed E-state index contributed by atoms with van der Waals surface area (Å²) in [6.45, 7) is 4.04. The first-order valence-corrected chi connectivity index (χ1v) is 9.18. The molecule has 0 saturated heterocycles. The molecule has 1 saturated carbocycles. The summed E-state index contributed by atoms with van der Waals surface area (Å²) < 4.78 is 0. The number of rotatable bonds is 2. The molecule has 25 heavy (non-hydrogen) atoms. The zero-order valence-electron chi connectivity index (χ0n) is 14.5. The maximum absolute atomic E-state index is 12.9. The summed E-state index contributed by atoms with van der Waals surface area (Å²) >= 11 is 6.18. The zero-order valence-corrected chi connectivity index (χ0v) is 15.2. The van der Waals surface area contributed by atoms with Crippen LogP contribution in [0.4, 0.5) is 0 Å².